The quantitative estimate of drug-likeness (QED) is 0.0530. The summed E-state index contributed by atoms with van der Waals surface area (Å²) in [6.07, 6.45) is -18.1. The number of fused-ring (bicyclic) bond motifs is 8. The highest BCUT2D eigenvalue weighted by Gasteiger charge is 2.63. The van der Waals surface area contributed by atoms with Crippen molar-refractivity contribution in [3.63, 3.8) is 0 Å². The molecule has 0 bridgehead atoms. The minimum absolute atomic E-state index is 0.453. The van der Waals surface area contributed by atoms with Gasteiger partial charge in [0.1, 0.15) is 25.4 Å². The molecule has 0 radical (unpaired) electrons. The number of esters is 10. The van der Waals surface area contributed by atoms with Crippen molar-refractivity contribution >= 4 is 59.7 Å². The van der Waals surface area contributed by atoms with Crippen LogP contribution >= 0.6 is 0 Å². The van der Waals surface area contributed by atoms with E-state index in [1.165, 1.54) is 0 Å². The Bertz CT molecular complexity index is 5270. The number of phenolic OH excluding ortho intramolecular Hbond substituents is 24. The Morgan fingerprint density at radius 2 is 0.508 bits per heavy atom. The molecule has 2 saturated heterocycles. The van der Waals surface area contributed by atoms with Crippen LogP contribution in [0.25, 0.3) is 22.3 Å². The molecule has 0 aromatic heterocycles. The molecule has 10 unspecified atom stereocenters. The molecule has 0 aliphatic carbocycles. The van der Waals surface area contributed by atoms with Gasteiger partial charge in [0.15, 0.2) is 139 Å². The zero-order valence-corrected chi connectivity index (χ0v) is 60.7. The predicted molar refractivity (Wildman–Crippen MR) is 375 cm³/mol. The Morgan fingerprint density at radius 3 is 0.733 bits per heavy atom. The lowest BCUT2D eigenvalue weighted by atomic mass is 9.91. The maximum Gasteiger partial charge on any atom is 0.339 e. The van der Waals surface area contributed by atoms with E-state index in [0.717, 1.165) is 27.7 Å². The van der Waals surface area contributed by atoms with Crippen LogP contribution < -0.4 is 0 Å². The molecule has 8 aromatic rings. The summed E-state index contributed by atoms with van der Waals surface area (Å²) in [4.78, 5) is 136. The van der Waals surface area contributed by atoms with Crippen LogP contribution in [0.2, 0.25) is 0 Å². The van der Waals surface area contributed by atoms with Crippen molar-refractivity contribution in [3.8, 4) is 160 Å². The Hall–Kier alpha value is -16.4. The fourth-order valence-electron chi connectivity index (χ4n) is 12.8. The minimum Gasteiger partial charge on any atom is -0.504 e. The van der Waals surface area contributed by atoms with Gasteiger partial charge in [-0.2, -0.15) is 0 Å². The van der Waals surface area contributed by atoms with Gasteiger partial charge < -0.3 is 179 Å². The van der Waals surface area contributed by atoms with Crippen molar-refractivity contribution in [3.05, 3.63) is 117 Å². The third-order valence-electron chi connectivity index (χ3n) is 18.3. The Labute approximate surface area is 663 Å². The first-order valence-electron chi connectivity index (χ1n) is 33.6. The average molecular weight is 1690 g/mol. The van der Waals surface area contributed by atoms with E-state index < -0.39 is 338 Å². The smallest absolute Gasteiger partial charge is 0.339 e. The Balaban J connectivity index is 0.000000235. The van der Waals surface area contributed by atoms with Gasteiger partial charge in [-0.25, -0.2) is 38.4 Å². The summed E-state index contributed by atoms with van der Waals surface area (Å²) in [6.45, 7) is 1.25. The number of carbonyl (C=O) groups excluding carboxylic acids is 10. The molecular formula is C74H60O46. The van der Waals surface area contributed by atoms with Crippen LogP contribution in [-0.4, -0.2) is 256 Å². The number of ether oxygens (including phenoxy) is 12. The highest BCUT2D eigenvalue weighted by molar-refractivity contribution is 6.10. The molecule has 0 spiro atoms. The molecule has 120 heavy (non-hydrogen) atoms. The predicted octanol–water partition coefficient (Wildman–Crippen LogP) is 3.29. The van der Waals surface area contributed by atoms with E-state index in [1.54, 1.807) is 0 Å². The van der Waals surface area contributed by atoms with Gasteiger partial charge in [-0.15, -0.1) is 0 Å². The molecule has 46 nitrogen and oxygen atoms in total. The lowest BCUT2D eigenvalue weighted by molar-refractivity contribution is -0.340. The van der Waals surface area contributed by atoms with E-state index in [-0.39, 0.29) is 0 Å². The summed E-state index contributed by atoms with van der Waals surface area (Å²) in [5.41, 5.74) is -10.8. The molecule has 8 aromatic carbocycles. The zero-order chi connectivity index (χ0) is 88.6. The third kappa shape index (κ3) is 15.5. The summed E-state index contributed by atoms with van der Waals surface area (Å²) in [6, 6.07) is 6.75. The summed E-state index contributed by atoms with van der Waals surface area (Å²) < 4.78 is 67.2. The second kappa shape index (κ2) is 31.4. The van der Waals surface area contributed by atoms with Crippen LogP contribution in [-0.2, 0) is 66.4 Å². The van der Waals surface area contributed by atoms with Crippen LogP contribution in [0.3, 0.4) is 0 Å². The maximum atomic E-state index is 14.3. The van der Waals surface area contributed by atoms with Gasteiger partial charge in [-0.3, -0.25) is 9.59 Å². The molecular weight excluding hydrogens is 1620 g/mol. The van der Waals surface area contributed by atoms with Crippen molar-refractivity contribution in [2.75, 3.05) is 13.2 Å². The third-order valence-corrected chi connectivity index (χ3v) is 18.3. The number of benzene rings is 8. The van der Waals surface area contributed by atoms with Crippen molar-refractivity contribution in [2.45, 2.75) is 88.1 Å². The number of phenols is 24. The topological polar surface area (TPSA) is 767 Å². The highest BCUT2D eigenvalue weighted by Crippen LogP contribution is 2.56. The molecule has 12 rings (SSSR count). The SMILES string of the molecule is CC(=O)OC1(C)OC2COC(=O)c3cc(O)c(O)c(O)c3-c3c(cc(O)c(O)c3O)C(=O)OC2C(OC(=O)c2cc(O)c(O)c(O)c2)C1OC(=O)c1cc(O)c(O)c(O)c1.CC(=O)OC1(C)OC2COC(=O)c3cc(O)c(O)c(O)c3-c3c(cc(O)c(O)c3O)C(=O)OC2C(OC(=O)c2cc(O)c(O)c(O)c2)C1OC(=O)c1cc(O)c(O)c(O)c1. The van der Waals surface area contributed by atoms with Crippen molar-refractivity contribution in [1.82, 2.24) is 0 Å². The van der Waals surface area contributed by atoms with E-state index in [0.29, 0.717) is 72.8 Å². The van der Waals surface area contributed by atoms with E-state index >= 15 is 0 Å². The molecule has 24 N–H and O–H groups in total. The molecule has 10 atom stereocenters. The van der Waals surface area contributed by atoms with Gasteiger partial charge in [0, 0.05) is 49.9 Å². The second-order valence-electron chi connectivity index (χ2n) is 26.4. The average Bonchev–Trinajstić information content (AvgIpc) is 1.31. The first kappa shape index (κ1) is 84.5. The molecule has 0 amide bonds. The highest BCUT2D eigenvalue weighted by atomic mass is 16.8. The number of hydrogen-bond acceptors (Lipinski definition) is 46. The first-order chi connectivity index (χ1) is 56.1. The van der Waals surface area contributed by atoms with Crippen molar-refractivity contribution in [2.24, 2.45) is 0 Å². The van der Waals surface area contributed by atoms with Gasteiger partial charge in [-0.1, -0.05) is 0 Å². The van der Waals surface area contributed by atoms with E-state index in [9.17, 15) is 171 Å². The summed E-state index contributed by atoms with van der Waals surface area (Å²) in [7, 11) is 0. The molecule has 4 heterocycles. The van der Waals surface area contributed by atoms with Gasteiger partial charge in [-0.05, 0) is 72.8 Å². The molecule has 4 aliphatic rings. The molecule has 4 aliphatic heterocycles. The van der Waals surface area contributed by atoms with E-state index in [1.807, 2.05) is 0 Å². The Kier molecular flexibility index (Phi) is 22.1. The molecule has 0 saturated carbocycles. The molecule has 46 heteroatoms. The standard InChI is InChI=1S/2C37H30O23/c2*1-10(38)59-37(2)32(58-34(52)12-5-17(41)25(46)18(42)6-12)31(57-33(51)11-3-15(39)24(45)16(40)4-11)30-21(60-37)9-55-35(53)13-7-19(43)26(47)28(49)22(13)23-14(36(54)56-30)8-20(44)27(48)29(23)50/h2*3-8,21,30-32,39-50H,9H2,1-2H3. The second-order valence-corrected chi connectivity index (χ2v) is 26.4. The number of aromatic hydroxyl groups is 24. The number of rotatable bonds is 10. The van der Waals surface area contributed by atoms with Crippen LogP contribution in [0.15, 0.2) is 72.8 Å². The van der Waals surface area contributed by atoms with Crippen LogP contribution in [0.4, 0.5) is 0 Å². The largest absolute Gasteiger partial charge is 0.504 e. The number of carbonyl (C=O) groups is 10. The van der Waals surface area contributed by atoms with E-state index in [4.69, 9.17) is 56.8 Å². The molecule has 2 fully saturated rings. The van der Waals surface area contributed by atoms with Crippen LogP contribution in [0.5, 0.6) is 138 Å². The van der Waals surface area contributed by atoms with E-state index in [2.05, 4.69) is 0 Å². The minimum atomic E-state index is -2.70. The fraction of sp³-hybridized carbons (Fsp3) is 0.216. The fourth-order valence-corrected chi connectivity index (χ4v) is 12.8. The first-order valence-corrected chi connectivity index (χ1v) is 33.6. The van der Waals surface area contributed by atoms with Crippen molar-refractivity contribution in [1.29, 1.82) is 0 Å². The van der Waals surface area contributed by atoms with Gasteiger partial charge in [0.05, 0.1) is 44.5 Å². The monoisotopic (exact) mass is 1680 g/mol. The maximum absolute atomic E-state index is 14.3. The van der Waals surface area contributed by atoms with Crippen LogP contribution in [0, 0.1) is 0 Å². The number of hydrogen-bond donors (Lipinski definition) is 24. The zero-order valence-electron chi connectivity index (χ0n) is 60.7. The van der Waals surface area contributed by atoms with Crippen LogP contribution in [0.1, 0.15) is 111 Å². The lowest BCUT2D eigenvalue weighted by Gasteiger charge is -2.48. The number of cyclic esters (lactones) is 2. The van der Waals surface area contributed by atoms with Crippen molar-refractivity contribution < 1.29 is 227 Å². The normalized spacial score (nSPS) is 21.1. The summed E-state index contributed by atoms with van der Waals surface area (Å²) in [5.74, 6) is -48.8. The lowest BCUT2D eigenvalue weighted by Crippen LogP contribution is -2.68. The van der Waals surface area contributed by atoms with Gasteiger partial charge in [0.25, 0.3) is 11.6 Å². The molecule has 632 valence electrons. The summed E-state index contributed by atoms with van der Waals surface area (Å²) in [5, 5.41) is 247. The Morgan fingerprint density at radius 1 is 0.300 bits per heavy atom. The van der Waals surface area contributed by atoms with Gasteiger partial charge >= 0.3 is 59.7 Å². The summed E-state index contributed by atoms with van der Waals surface area (Å²) >= 11 is 0. The van der Waals surface area contributed by atoms with Gasteiger partial charge in [0.2, 0.25) is 35.2 Å².